The number of carbonyl (C=O) groups excluding carboxylic acids is 1. The largest absolute Gasteiger partial charge is 0.497 e. The van der Waals surface area contributed by atoms with Crippen LogP contribution in [0, 0.1) is 0 Å². The third-order valence-corrected chi connectivity index (χ3v) is 3.90. The Balaban J connectivity index is 1.54. The highest BCUT2D eigenvalue weighted by Gasteiger charge is 2.08. The molecule has 2 heterocycles. The molecule has 21 heavy (non-hydrogen) atoms. The molecule has 108 valence electrons. The molecule has 0 aliphatic rings. The van der Waals surface area contributed by atoms with Gasteiger partial charge in [0.25, 0.3) is 0 Å². The average Bonchev–Trinajstić information content (AvgIpc) is 3.07. The fourth-order valence-electron chi connectivity index (χ4n) is 2.03. The predicted octanol–water partition coefficient (Wildman–Crippen LogP) is 2.26. The topological polar surface area (TPSA) is 55.6 Å². The zero-order valence-corrected chi connectivity index (χ0v) is 12.4. The maximum absolute atomic E-state index is 11.9. The summed E-state index contributed by atoms with van der Waals surface area (Å²) in [7, 11) is 1.63. The molecule has 1 amide bonds. The van der Waals surface area contributed by atoms with Gasteiger partial charge in [-0.3, -0.25) is 9.20 Å². The van der Waals surface area contributed by atoms with Crippen LogP contribution in [-0.4, -0.2) is 22.4 Å². The monoisotopic (exact) mass is 301 g/mol. The van der Waals surface area contributed by atoms with E-state index in [1.54, 1.807) is 18.4 Å². The first kappa shape index (κ1) is 13.6. The number of methoxy groups -OCH3 is 1. The second kappa shape index (κ2) is 5.97. The number of ether oxygens (including phenoxy) is 1. The van der Waals surface area contributed by atoms with E-state index in [1.807, 2.05) is 46.4 Å². The highest BCUT2D eigenvalue weighted by atomic mass is 32.1. The third-order valence-electron chi connectivity index (χ3n) is 3.13. The molecule has 0 spiro atoms. The van der Waals surface area contributed by atoms with Gasteiger partial charge in [-0.2, -0.15) is 0 Å². The minimum atomic E-state index is -0.0310. The standard InChI is InChI=1S/C15H15N3O2S/c1-20-13-4-2-11(3-5-13)9-16-14(19)8-12-10-18-6-7-21-15(18)17-12/h2-7,10H,8-9H2,1H3,(H,16,19). The van der Waals surface area contributed by atoms with Crippen molar-refractivity contribution in [2.75, 3.05) is 7.11 Å². The van der Waals surface area contributed by atoms with E-state index in [0.717, 1.165) is 22.0 Å². The van der Waals surface area contributed by atoms with Crippen LogP contribution in [-0.2, 0) is 17.8 Å². The van der Waals surface area contributed by atoms with E-state index >= 15 is 0 Å². The van der Waals surface area contributed by atoms with Crippen LogP contribution in [0.1, 0.15) is 11.3 Å². The molecular weight excluding hydrogens is 286 g/mol. The number of imidazole rings is 1. The molecule has 1 aromatic carbocycles. The summed E-state index contributed by atoms with van der Waals surface area (Å²) in [6.07, 6.45) is 4.12. The molecule has 3 rings (SSSR count). The van der Waals surface area contributed by atoms with Crippen molar-refractivity contribution in [1.29, 1.82) is 0 Å². The smallest absolute Gasteiger partial charge is 0.226 e. The molecule has 0 fully saturated rings. The van der Waals surface area contributed by atoms with Crippen LogP contribution < -0.4 is 10.1 Å². The average molecular weight is 301 g/mol. The first-order chi connectivity index (χ1) is 10.2. The van der Waals surface area contributed by atoms with Gasteiger partial charge in [-0.25, -0.2) is 4.98 Å². The van der Waals surface area contributed by atoms with Gasteiger partial charge in [0.1, 0.15) is 5.75 Å². The Morgan fingerprint density at radius 1 is 1.38 bits per heavy atom. The molecule has 0 saturated heterocycles. The second-order valence-electron chi connectivity index (χ2n) is 4.63. The molecule has 0 bridgehead atoms. The van der Waals surface area contributed by atoms with Crippen LogP contribution >= 0.6 is 11.3 Å². The number of hydrogen-bond acceptors (Lipinski definition) is 4. The van der Waals surface area contributed by atoms with Gasteiger partial charge in [0, 0.05) is 24.3 Å². The second-order valence-corrected chi connectivity index (χ2v) is 5.50. The molecule has 5 nitrogen and oxygen atoms in total. The summed E-state index contributed by atoms with van der Waals surface area (Å²) in [6.45, 7) is 0.505. The zero-order chi connectivity index (χ0) is 14.7. The predicted molar refractivity (Wildman–Crippen MR) is 81.6 cm³/mol. The van der Waals surface area contributed by atoms with Gasteiger partial charge in [-0.1, -0.05) is 12.1 Å². The van der Waals surface area contributed by atoms with Gasteiger partial charge in [0.05, 0.1) is 19.2 Å². The molecular formula is C15H15N3O2S. The Labute approximate surface area is 126 Å². The normalized spacial score (nSPS) is 10.7. The number of aromatic nitrogens is 2. The highest BCUT2D eigenvalue weighted by molar-refractivity contribution is 7.15. The minimum absolute atomic E-state index is 0.0310. The summed E-state index contributed by atoms with van der Waals surface area (Å²) in [6, 6.07) is 7.63. The molecule has 0 aliphatic heterocycles. The molecule has 0 unspecified atom stereocenters. The maximum atomic E-state index is 11.9. The van der Waals surface area contributed by atoms with Gasteiger partial charge in [-0.05, 0) is 17.7 Å². The van der Waals surface area contributed by atoms with Crippen LogP contribution in [0.3, 0.4) is 0 Å². The van der Waals surface area contributed by atoms with Crippen LogP contribution in [0.5, 0.6) is 5.75 Å². The van der Waals surface area contributed by atoms with Crippen molar-refractivity contribution < 1.29 is 9.53 Å². The lowest BCUT2D eigenvalue weighted by Crippen LogP contribution is -2.24. The van der Waals surface area contributed by atoms with Crippen LogP contribution in [0.15, 0.2) is 42.0 Å². The minimum Gasteiger partial charge on any atom is -0.497 e. The number of rotatable bonds is 5. The quantitative estimate of drug-likeness (QED) is 0.786. The maximum Gasteiger partial charge on any atom is 0.226 e. The summed E-state index contributed by atoms with van der Waals surface area (Å²) in [5, 5.41) is 4.86. The summed E-state index contributed by atoms with van der Waals surface area (Å²) >= 11 is 1.56. The zero-order valence-electron chi connectivity index (χ0n) is 11.6. The van der Waals surface area contributed by atoms with Crippen molar-refractivity contribution >= 4 is 22.2 Å². The summed E-state index contributed by atoms with van der Waals surface area (Å²) in [5.74, 6) is 0.778. The van der Waals surface area contributed by atoms with Crippen molar-refractivity contribution in [3.8, 4) is 5.75 Å². The Morgan fingerprint density at radius 2 is 2.19 bits per heavy atom. The van der Waals surface area contributed by atoms with Gasteiger partial charge in [0.2, 0.25) is 5.91 Å². The van der Waals surface area contributed by atoms with E-state index in [0.29, 0.717) is 13.0 Å². The van der Waals surface area contributed by atoms with Gasteiger partial charge >= 0.3 is 0 Å². The summed E-state index contributed by atoms with van der Waals surface area (Å²) in [4.78, 5) is 17.2. The van der Waals surface area contributed by atoms with Gasteiger partial charge in [-0.15, -0.1) is 11.3 Å². The fraction of sp³-hybridized carbons (Fsp3) is 0.200. The number of nitrogens with one attached hydrogen (secondary N) is 1. The number of nitrogens with zero attached hydrogens (tertiary/aromatic N) is 2. The molecule has 0 radical (unpaired) electrons. The lowest BCUT2D eigenvalue weighted by molar-refractivity contribution is -0.120. The van der Waals surface area contributed by atoms with Gasteiger partial charge < -0.3 is 10.1 Å². The lowest BCUT2D eigenvalue weighted by atomic mass is 10.2. The lowest BCUT2D eigenvalue weighted by Gasteiger charge is -2.05. The third kappa shape index (κ3) is 3.22. The Morgan fingerprint density at radius 3 is 2.90 bits per heavy atom. The summed E-state index contributed by atoms with van der Waals surface area (Å²) < 4.78 is 7.03. The molecule has 0 saturated carbocycles. The van der Waals surface area contributed by atoms with Crippen LogP contribution in [0.4, 0.5) is 0 Å². The number of carbonyl (C=O) groups is 1. The molecule has 3 aromatic rings. The van der Waals surface area contributed by atoms with E-state index < -0.39 is 0 Å². The Bertz CT molecular complexity index is 717. The molecule has 0 aliphatic carbocycles. The SMILES string of the molecule is COc1ccc(CNC(=O)Cc2cn3ccsc3n2)cc1. The first-order valence-corrected chi connectivity index (χ1v) is 7.43. The number of benzene rings is 1. The molecule has 0 atom stereocenters. The number of fused-ring (bicyclic) bond motifs is 1. The van der Waals surface area contributed by atoms with Crippen LogP contribution in [0.2, 0.25) is 0 Å². The van der Waals surface area contributed by atoms with E-state index in [-0.39, 0.29) is 5.91 Å². The van der Waals surface area contributed by atoms with E-state index in [9.17, 15) is 4.79 Å². The van der Waals surface area contributed by atoms with Crippen molar-refractivity contribution in [2.45, 2.75) is 13.0 Å². The highest BCUT2D eigenvalue weighted by Crippen LogP contribution is 2.12. The van der Waals surface area contributed by atoms with Crippen molar-refractivity contribution in [2.24, 2.45) is 0 Å². The fourth-order valence-corrected chi connectivity index (χ4v) is 2.75. The molecule has 6 heteroatoms. The number of amides is 1. The van der Waals surface area contributed by atoms with Crippen molar-refractivity contribution in [3.05, 3.63) is 53.3 Å². The van der Waals surface area contributed by atoms with Crippen LogP contribution in [0.25, 0.3) is 4.96 Å². The Hall–Kier alpha value is -2.34. The number of thiazole rings is 1. The molecule has 1 N–H and O–H groups in total. The number of hydrogen-bond donors (Lipinski definition) is 1. The van der Waals surface area contributed by atoms with Crippen molar-refractivity contribution in [3.63, 3.8) is 0 Å². The first-order valence-electron chi connectivity index (χ1n) is 6.55. The molecule has 2 aromatic heterocycles. The van der Waals surface area contributed by atoms with Gasteiger partial charge in [0.15, 0.2) is 4.96 Å². The van der Waals surface area contributed by atoms with E-state index in [2.05, 4.69) is 10.3 Å². The van der Waals surface area contributed by atoms with Crippen molar-refractivity contribution in [1.82, 2.24) is 14.7 Å². The van der Waals surface area contributed by atoms with E-state index in [1.165, 1.54) is 0 Å². The Kier molecular flexibility index (Phi) is 3.87. The summed E-state index contributed by atoms with van der Waals surface area (Å²) in [5.41, 5.74) is 1.82. The van der Waals surface area contributed by atoms with E-state index in [4.69, 9.17) is 4.74 Å².